The second kappa shape index (κ2) is 9.86. The molecule has 37 heavy (non-hydrogen) atoms. The standard InChI is InChI=1S/C27H20FN5O4/c1-16-24(27(35)33(15-31-16)19-7-3-17(28)4-8-19)26(34)32-18-5-9-20(10-6-18)37-23-11-12-29-22-13-21(36-2)14-30-25(22)23/h3-15H,1-2H3,(H,32,34). The molecule has 5 rings (SSSR count). The van der Waals surface area contributed by atoms with Crippen molar-refractivity contribution in [2.45, 2.75) is 6.92 Å². The lowest BCUT2D eigenvalue weighted by Crippen LogP contribution is -2.30. The smallest absolute Gasteiger partial charge is 0.271 e. The number of amides is 1. The van der Waals surface area contributed by atoms with Crippen molar-refractivity contribution in [3.63, 3.8) is 0 Å². The Balaban J connectivity index is 1.35. The van der Waals surface area contributed by atoms with Crippen molar-refractivity contribution in [1.29, 1.82) is 0 Å². The summed E-state index contributed by atoms with van der Waals surface area (Å²) in [5.41, 5.74) is 1.64. The van der Waals surface area contributed by atoms with Crippen LogP contribution in [0.15, 0.2) is 84.2 Å². The van der Waals surface area contributed by atoms with Gasteiger partial charge in [0.25, 0.3) is 11.5 Å². The summed E-state index contributed by atoms with van der Waals surface area (Å²) in [6, 6.07) is 15.5. The van der Waals surface area contributed by atoms with E-state index < -0.39 is 17.3 Å². The number of anilines is 1. The van der Waals surface area contributed by atoms with Crippen LogP contribution in [0.4, 0.5) is 10.1 Å². The first-order valence-corrected chi connectivity index (χ1v) is 11.1. The van der Waals surface area contributed by atoms with Crippen molar-refractivity contribution < 1.29 is 18.7 Å². The predicted molar refractivity (Wildman–Crippen MR) is 135 cm³/mol. The summed E-state index contributed by atoms with van der Waals surface area (Å²) in [6.07, 6.45) is 4.50. The number of methoxy groups -OCH3 is 1. The van der Waals surface area contributed by atoms with Gasteiger partial charge in [0, 0.05) is 24.0 Å². The van der Waals surface area contributed by atoms with E-state index in [1.165, 1.54) is 35.2 Å². The highest BCUT2D eigenvalue weighted by Gasteiger charge is 2.18. The summed E-state index contributed by atoms with van der Waals surface area (Å²) in [5.74, 6) is 0.566. The molecular weight excluding hydrogens is 477 g/mol. The number of halogens is 1. The number of aromatic nitrogens is 4. The fraction of sp³-hybridized carbons (Fsp3) is 0.0741. The van der Waals surface area contributed by atoms with Crippen LogP contribution in [0.1, 0.15) is 16.1 Å². The van der Waals surface area contributed by atoms with Crippen molar-refractivity contribution in [1.82, 2.24) is 19.5 Å². The van der Waals surface area contributed by atoms with Gasteiger partial charge in [-0.1, -0.05) is 0 Å². The fourth-order valence-electron chi connectivity index (χ4n) is 3.69. The van der Waals surface area contributed by atoms with E-state index in [4.69, 9.17) is 9.47 Å². The molecule has 3 aromatic heterocycles. The van der Waals surface area contributed by atoms with Gasteiger partial charge in [0.1, 0.15) is 34.7 Å². The number of hydrogen-bond acceptors (Lipinski definition) is 7. The van der Waals surface area contributed by atoms with Crippen LogP contribution in [0.5, 0.6) is 17.2 Å². The van der Waals surface area contributed by atoms with Gasteiger partial charge in [0.2, 0.25) is 0 Å². The topological polar surface area (TPSA) is 108 Å². The Kier molecular flexibility index (Phi) is 6.29. The van der Waals surface area contributed by atoms with E-state index in [-0.39, 0.29) is 11.3 Å². The Labute approximate surface area is 210 Å². The van der Waals surface area contributed by atoms with E-state index >= 15 is 0 Å². The van der Waals surface area contributed by atoms with Gasteiger partial charge in [-0.3, -0.25) is 19.1 Å². The first kappa shape index (κ1) is 23.6. The normalized spacial score (nSPS) is 10.8. The highest BCUT2D eigenvalue weighted by atomic mass is 19.1. The van der Waals surface area contributed by atoms with Gasteiger partial charge in [-0.05, 0) is 55.5 Å². The Hall–Kier alpha value is -5.12. The molecule has 5 aromatic rings. The number of pyridine rings is 2. The fourth-order valence-corrected chi connectivity index (χ4v) is 3.69. The van der Waals surface area contributed by atoms with Crippen LogP contribution in [-0.2, 0) is 0 Å². The molecule has 0 atom stereocenters. The van der Waals surface area contributed by atoms with Crippen LogP contribution in [0, 0.1) is 12.7 Å². The van der Waals surface area contributed by atoms with Gasteiger partial charge in [-0.2, -0.15) is 0 Å². The molecular formula is C27H20FN5O4. The quantitative estimate of drug-likeness (QED) is 0.363. The number of fused-ring (bicyclic) bond motifs is 1. The maximum atomic E-state index is 13.3. The molecule has 2 aromatic carbocycles. The monoisotopic (exact) mass is 497 g/mol. The number of nitrogens with one attached hydrogen (secondary N) is 1. The molecule has 1 amide bonds. The van der Waals surface area contributed by atoms with Crippen LogP contribution in [0.3, 0.4) is 0 Å². The van der Waals surface area contributed by atoms with Gasteiger partial charge >= 0.3 is 0 Å². The molecule has 10 heteroatoms. The summed E-state index contributed by atoms with van der Waals surface area (Å²) < 4.78 is 25.6. The zero-order valence-corrected chi connectivity index (χ0v) is 19.8. The van der Waals surface area contributed by atoms with Crippen LogP contribution < -0.4 is 20.3 Å². The van der Waals surface area contributed by atoms with Gasteiger partial charge in [0.15, 0.2) is 5.75 Å². The highest BCUT2D eigenvalue weighted by Crippen LogP contribution is 2.29. The van der Waals surface area contributed by atoms with Crippen molar-refractivity contribution in [3.8, 4) is 22.9 Å². The number of benzene rings is 2. The van der Waals surface area contributed by atoms with Crippen LogP contribution in [0.2, 0.25) is 0 Å². The van der Waals surface area contributed by atoms with E-state index in [1.54, 1.807) is 62.8 Å². The summed E-state index contributed by atoms with van der Waals surface area (Å²) >= 11 is 0. The van der Waals surface area contributed by atoms with E-state index in [1.807, 2.05) is 0 Å². The largest absolute Gasteiger partial charge is 0.495 e. The molecule has 0 aliphatic carbocycles. The Morgan fingerprint density at radius 2 is 1.73 bits per heavy atom. The lowest BCUT2D eigenvalue weighted by molar-refractivity contribution is 0.102. The van der Waals surface area contributed by atoms with Crippen LogP contribution in [0.25, 0.3) is 16.7 Å². The van der Waals surface area contributed by atoms with Crippen molar-refractivity contribution in [2.24, 2.45) is 0 Å². The second-order valence-corrected chi connectivity index (χ2v) is 7.99. The third kappa shape index (κ3) is 4.85. The van der Waals surface area contributed by atoms with Crippen molar-refractivity contribution in [2.75, 3.05) is 12.4 Å². The van der Waals surface area contributed by atoms with Crippen LogP contribution in [-0.4, -0.2) is 32.5 Å². The Morgan fingerprint density at radius 1 is 0.973 bits per heavy atom. The molecule has 3 heterocycles. The minimum Gasteiger partial charge on any atom is -0.495 e. The molecule has 0 bridgehead atoms. The van der Waals surface area contributed by atoms with E-state index in [0.29, 0.717) is 39.7 Å². The lowest BCUT2D eigenvalue weighted by atomic mass is 10.2. The van der Waals surface area contributed by atoms with E-state index in [2.05, 4.69) is 20.3 Å². The average Bonchev–Trinajstić information content (AvgIpc) is 2.90. The summed E-state index contributed by atoms with van der Waals surface area (Å²) in [7, 11) is 1.56. The van der Waals surface area contributed by atoms with E-state index in [0.717, 1.165) is 0 Å². The van der Waals surface area contributed by atoms with Crippen LogP contribution >= 0.6 is 0 Å². The summed E-state index contributed by atoms with van der Waals surface area (Å²) in [5, 5.41) is 2.72. The van der Waals surface area contributed by atoms with Crippen molar-refractivity contribution in [3.05, 3.63) is 107 Å². The summed E-state index contributed by atoms with van der Waals surface area (Å²) in [4.78, 5) is 38.9. The average molecular weight is 497 g/mol. The number of carbonyl (C=O) groups excluding carboxylic acids is 1. The molecule has 0 fully saturated rings. The third-order valence-electron chi connectivity index (χ3n) is 5.58. The first-order valence-electron chi connectivity index (χ1n) is 11.1. The number of aryl methyl sites for hydroxylation is 1. The number of ether oxygens (including phenoxy) is 2. The van der Waals surface area contributed by atoms with E-state index in [9.17, 15) is 14.0 Å². The molecule has 184 valence electrons. The number of carbonyl (C=O) groups is 1. The molecule has 0 spiro atoms. The summed E-state index contributed by atoms with van der Waals surface area (Å²) in [6.45, 7) is 1.57. The molecule has 1 N–H and O–H groups in total. The lowest BCUT2D eigenvalue weighted by Gasteiger charge is -2.12. The van der Waals surface area contributed by atoms with Crippen molar-refractivity contribution >= 4 is 22.6 Å². The van der Waals surface area contributed by atoms with Gasteiger partial charge in [0.05, 0.1) is 30.2 Å². The molecule has 0 saturated carbocycles. The van der Waals surface area contributed by atoms with Gasteiger partial charge in [-0.25, -0.2) is 14.4 Å². The highest BCUT2D eigenvalue weighted by molar-refractivity contribution is 6.04. The molecule has 0 unspecified atom stereocenters. The molecule has 0 saturated heterocycles. The SMILES string of the molecule is COc1cnc2c(Oc3ccc(NC(=O)c4c(C)ncn(-c5ccc(F)cc5)c4=O)cc3)ccnc2c1. The number of hydrogen-bond donors (Lipinski definition) is 1. The second-order valence-electron chi connectivity index (χ2n) is 7.99. The molecule has 0 aliphatic rings. The Morgan fingerprint density at radius 3 is 2.46 bits per heavy atom. The zero-order chi connectivity index (χ0) is 25.9. The van der Waals surface area contributed by atoms with Gasteiger partial charge in [-0.15, -0.1) is 0 Å². The number of rotatable bonds is 6. The first-order chi connectivity index (χ1) is 17.9. The molecule has 9 nitrogen and oxygen atoms in total. The minimum atomic E-state index is -0.613. The molecule has 0 aliphatic heterocycles. The zero-order valence-electron chi connectivity index (χ0n) is 19.8. The molecule has 0 radical (unpaired) electrons. The third-order valence-corrected chi connectivity index (χ3v) is 5.58. The predicted octanol–water partition coefficient (Wildman–Crippen LogP) is 4.68. The number of nitrogens with zero attached hydrogens (tertiary/aromatic N) is 4. The Bertz CT molecular complexity index is 1670. The maximum Gasteiger partial charge on any atom is 0.271 e. The van der Waals surface area contributed by atoms with Gasteiger partial charge < -0.3 is 14.8 Å². The maximum absolute atomic E-state index is 13.3. The minimum absolute atomic E-state index is 0.114.